The molecule has 0 bridgehead atoms. The van der Waals surface area contributed by atoms with Crippen LogP contribution in [-0.4, -0.2) is 47.9 Å². The molecular weight excluding hydrogens is 388 g/mol. The Bertz CT molecular complexity index is 855. The number of pyridine rings is 1. The van der Waals surface area contributed by atoms with Crippen molar-refractivity contribution >= 4 is 34.9 Å². The summed E-state index contributed by atoms with van der Waals surface area (Å²) in [7, 11) is 0. The number of benzene rings is 1. The van der Waals surface area contributed by atoms with Gasteiger partial charge in [0.15, 0.2) is 0 Å². The maximum atomic E-state index is 12.6. The minimum absolute atomic E-state index is 0.000635. The van der Waals surface area contributed by atoms with Crippen LogP contribution in [0.1, 0.15) is 36.0 Å². The van der Waals surface area contributed by atoms with Gasteiger partial charge in [0.2, 0.25) is 5.91 Å². The van der Waals surface area contributed by atoms with Crippen molar-refractivity contribution in [2.75, 3.05) is 36.4 Å². The van der Waals surface area contributed by atoms with Gasteiger partial charge in [-0.05, 0) is 62.1 Å². The quantitative estimate of drug-likeness (QED) is 0.828. The van der Waals surface area contributed by atoms with Crippen molar-refractivity contribution < 1.29 is 9.59 Å². The second-order valence-electron chi connectivity index (χ2n) is 7.66. The van der Waals surface area contributed by atoms with E-state index in [-0.39, 0.29) is 17.7 Å². The maximum Gasteiger partial charge on any atom is 0.253 e. The summed E-state index contributed by atoms with van der Waals surface area (Å²) in [5.41, 5.74) is 1.35. The molecule has 0 unspecified atom stereocenters. The standard InChI is InChI=1S/C22H25ClN4O2/c23-18-5-3-17(4-6-18)22(29)27-13-9-16(10-14-27)21(28)25-19-7-8-20(24-15-19)26-11-1-2-12-26/h3-8,15-16H,1-2,9-14H2,(H,25,28). The van der Waals surface area contributed by atoms with Gasteiger partial charge in [-0.25, -0.2) is 4.98 Å². The molecule has 2 fully saturated rings. The van der Waals surface area contributed by atoms with Crippen LogP contribution < -0.4 is 10.2 Å². The number of hydrogen-bond donors (Lipinski definition) is 1. The van der Waals surface area contributed by atoms with Gasteiger partial charge in [0, 0.05) is 42.7 Å². The smallest absolute Gasteiger partial charge is 0.253 e. The van der Waals surface area contributed by atoms with Crippen LogP contribution in [-0.2, 0) is 4.79 Å². The molecule has 152 valence electrons. The molecule has 29 heavy (non-hydrogen) atoms. The van der Waals surface area contributed by atoms with E-state index in [0.29, 0.717) is 36.5 Å². The topological polar surface area (TPSA) is 65.5 Å². The van der Waals surface area contributed by atoms with Crippen molar-refractivity contribution in [3.8, 4) is 0 Å². The molecule has 4 rings (SSSR count). The average molecular weight is 413 g/mol. The summed E-state index contributed by atoms with van der Waals surface area (Å²) in [6.45, 7) is 3.25. The Morgan fingerprint density at radius 1 is 0.966 bits per heavy atom. The van der Waals surface area contributed by atoms with Gasteiger partial charge in [-0.1, -0.05) is 11.6 Å². The largest absolute Gasteiger partial charge is 0.357 e. The van der Waals surface area contributed by atoms with E-state index in [1.165, 1.54) is 12.8 Å². The van der Waals surface area contributed by atoms with Crippen LogP contribution in [0.15, 0.2) is 42.6 Å². The Hall–Kier alpha value is -2.60. The summed E-state index contributed by atoms with van der Waals surface area (Å²) in [6, 6.07) is 10.8. The van der Waals surface area contributed by atoms with Crippen LogP contribution in [0.25, 0.3) is 0 Å². The third-order valence-electron chi connectivity index (χ3n) is 5.69. The molecule has 6 nitrogen and oxygen atoms in total. The molecule has 0 saturated carbocycles. The second-order valence-corrected chi connectivity index (χ2v) is 8.10. The SMILES string of the molecule is O=C(Nc1ccc(N2CCCC2)nc1)C1CCN(C(=O)c2ccc(Cl)cc2)CC1. The number of anilines is 2. The van der Waals surface area contributed by atoms with Gasteiger partial charge in [-0.3, -0.25) is 9.59 Å². The summed E-state index contributed by atoms with van der Waals surface area (Å²) >= 11 is 5.89. The number of aromatic nitrogens is 1. The molecule has 2 amide bonds. The van der Waals surface area contributed by atoms with E-state index in [2.05, 4.69) is 15.2 Å². The zero-order valence-electron chi connectivity index (χ0n) is 16.3. The lowest BCUT2D eigenvalue weighted by Crippen LogP contribution is -2.41. The van der Waals surface area contributed by atoms with Crippen LogP contribution in [0.4, 0.5) is 11.5 Å². The van der Waals surface area contributed by atoms with Gasteiger partial charge in [0.05, 0.1) is 11.9 Å². The highest BCUT2D eigenvalue weighted by molar-refractivity contribution is 6.30. The number of amides is 2. The molecule has 1 aromatic heterocycles. The lowest BCUT2D eigenvalue weighted by atomic mass is 9.95. The fraction of sp³-hybridized carbons (Fsp3) is 0.409. The van der Waals surface area contributed by atoms with Crippen LogP contribution in [0, 0.1) is 5.92 Å². The minimum atomic E-state index is -0.0949. The zero-order valence-corrected chi connectivity index (χ0v) is 17.1. The first-order chi connectivity index (χ1) is 14.1. The Kier molecular flexibility index (Phi) is 6.00. The summed E-state index contributed by atoms with van der Waals surface area (Å²) in [5.74, 6) is 0.860. The van der Waals surface area contributed by atoms with Gasteiger partial charge in [-0.15, -0.1) is 0 Å². The molecule has 7 heteroatoms. The van der Waals surface area contributed by atoms with Gasteiger partial charge in [0.25, 0.3) is 5.91 Å². The van der Waals surface area contributed by atoms with Crippen LogP contribution >= 0.6 is 11.6 Å². The highest BCUT2D eigenvalue weighted by Crippen LogP contribution is 2.23. The minimum Gasteiger partial charge on any atom is -0.357 e. The van der Waals surface area contributed by atoms with Crippen LogP contribution in [0.5, 0.6) is 0 Å². The molecule has 1 N–H and O–H groups in total. The number of rotatable bonds is 4. The third kappa shape index (κ3) is 4.70. The van der Waals surface area contributed by atoms with Crippen molar-refractivity contribution in [3.63, 3.8) is 0 Å². The summed E-state index contributed by atoms with van der Waals surface area (Å²) in [4.78, 5) is 33.8. The molecule has 0 spiro atoms. The van der Waals surface area contributed by atoms with Gasteiger partial charge < -0.3 is 15.1 Å². The summed E-state index contributed by atoms with van der Waals surface area (Å²) < 4.78 is 0. The van der Waals surface area contributed by atoms with Gasteiger partial charge >= 0.3 is 0 Å². The molecule has 2 aliphatic heterocycles. The van der Waals surface area contributed by atoms with E-state index in [1.54, 1.807) is 35.4 Å². The zero-order chi connectivity index (χ0) is 20.2. The molecule has 2 saturated heterocycles. The fourth-order valence-corrected chi connectivity index (χ4v) is 4.08. The van der Waals surface area contributed by atoms with E-state index in [4.69, 9.17) is 11.6 Å². The maximum absolute atomic E-state index is 12.6. The summed E-state index contributed by atoms with van der Waals surface area (Å²) in [6.07, 6.45) is 5.46. The highest BCUT2D eigenvalue weighted by Gasteiger charge is 2.28. The number of halogens is 1. The van der Waals surface area contributed by atoms with E-state index < -0.39 is 0 Å². The average Bonchev–Trinajstić information content (AvgIpc) is 3.29. The van der Waals surface area contributed by atoms with Crippen molar-refractivity contribution in [1.82, 2.24) is 9.88 Å². The predicted molar refractivity (Wildman–Crippen MR) is 114 cm³/mol. The molecule has 0 aliphatic carbocycles. The lowest BCUT2D eigenvalue weighted by Gasteiger charge is -2.31. The fourth-order valence-electron chi connectivity index (χ4n) is 3.96. The number of carbonyl (C=O) groups excluding carboxylic acids is 2. The van der Waals surface area contributed by atoms with Crippen LogP contribution in [0.2, 0.25) is 5.02 Å². The molecule has 3 heterocycles. The van der Waals surface area contributed by atoms with E-state index >= 15 is 0 Å². The predicted octanol–water partition coefficient (Wildman–Crippen LogP) is 3.83. The van der Waals surface area contributed by atoms with E-state index in [0.717, 1.165) is 24.6 Å². The molecule has 1 aromatic carbocycles. The lowest BCUT2D eigenvalue weighted by molar-refractivity contribution is -0.121. The second kappa shape index (κ2) is 8.82. The Morgan fingerprint density at radius 3 is 2.28 bits per heavy atom. The van der Waals surface area contributed by atoms with Crippen molar-refractivity contribution in [2.45, 2.75) is 25.7 Å². The molecule has 2 aromatic rings. The van der Waals surface area contributed by atoms with Gasteiger partial charge in [-0.2, -0.15) is 0 Å². The summed E-state index contributed by atoms with van der Waals surface area (Å²) in [5, 5.41) is 3.58. The first-order valence-electron chi connectivity index (χ1n) is 10.2. The Balaban J connectivity index is 1.28. The first kappa shape index (κ1) is 19.7. The number of nitrogens with zero attached hydrogens (tertiary/aromatic N) is 3. The number of likely N-dealkylation sites (tertiary alicyclic amines) is 1. The molecule has 2 aliphatic rings. The Morgan fingerprint density at radius 2 is 1.66 bits per heavy atom. The van der Waals surface area contributed by atoms with Crippen molar-refractivity contribution in [1.29, 1.82) is 0 Å². The molecule has 0 radical (unpaired) electrons. The van der Waals surface area contributed by atoms with E-state index in [1.807, 2.05) is 12.1 Å². The highest BCUT2D eigenvalue weighted by atomic mass is 35.5. The number of carbonyl (C=O) groups is 2. The van der Waals surface area contributed by atoms with Crippen molar-refractivity contribution in [3.05, 3.63) is 53.2 Å². The normalized spacial score (nSPS) is 17.4. The molecule has 0 atom stereocenters. The number of nitrogens with one attached hydrogen (secondary N) is 1. The van der Waals surface area contributed by atoms with Crippen molar-refractivity contribution in [2.24, 2.45) is 5.92 Å². The number of piperidine rings is 1. The third-order valence-corrected chi connectivity index (χ3v) is 5.94. The van der Waals surface area contributed by atoms with E-state index in [9.17, 15) is 9.59 Å². The van der Waals surface area contributed by atoms with Gasteiger partial charge in [0.1, 0.15) is 5.82 Å². The van der Waals surface area contributed by atoms with Crippen LogP contribution in [0.3, 0.4) is 0 Å². The Labute approximate surface area is 175 Å². The first-order valence-corrected chi connectivity index (χ1v) is 10.5. The number of hydrogen-bond acceptors (Lipinski definition) is 4. The monoisotopic (exact) mass is 412 g/mol. The molecular formula is C22H25ClN4O2.